The van der Waals surface area contributed by atoms with Crippen molar-refractivity contribution in [2.45, 2.75) is 19.9 Å². The zero-order valence-electron chi connectivity index (χ0n) is 10.3. The van der Waals surface area contributed by atoms with Crippen molar-refractivity contribution in [2.24, 2.45) is 0 Å². The summed E-state index contributed by atoms with van der Waals surface area (Å²) < 4.78 is 7.04. The number of nitrogens with zero attached hydrogens (tertiary/aromatic N) is 1. The molecular weight excluding hydrogens is 248 g/mol. The van der Waals surface area contributed by atoms with Crippen molar-refractivity contribution in [2.75, 3.05) is 12.3 Å². The summed E-state index contributed by atoms with van der Waals surface area (Å²) in [5.74, 6) is -0.315. The van der Waals surface area contributed by atoms with Gasteiger partial charge in [0, 0.05) is 24.0 Å². The minimum atomic E-state index is -0.315. The number of nitrogen functional groups attached to an aromatic ring is 1. The minimum Gasteiger partial charge on any atom is -0.461 e. The highest BCUT2D eigenvalue weighted by Crippen LogP contribution is 2.13. The molecule has 4 nitrogen and oxygen atoms in total. The molecule has 0 aromatic carbocycles. The van der Waals surface area contributed by atoms with Crippen LogP contribution in [0.3, 0.4) is 0 Å². The second kappa shape index (κ2) is 5.73. The molecule has 0 bridgehead atoms. The van der Waals surface area contributed by atoms with E-state index in [-0.39, 0.29) is 5.97 Å². The van der Waals surface area contributed by atoms with E-state index in [1.54, 1.807) is 28.2 Å². The second-order valence-electron chi connectivity index (χ2n) is 3.91. The van der Waals surface area contributed by atoms with Crippen LogP contribution in [-0.4, -0.2) is 17.1 Å². The first kappa shape index (κ1) is 12.7. The van der Waals surface area contributed by atoms with Crippen LogP contribution >= 0.6 is 11.3 Å². The van der Waals surface area contributed by atoms with E-state index in [0.29, 0.717) is 24.5 Å². The van der Waals surface area contributed by atoms with E-state index in [2.05, 4.69) is 0 Å². The van der Waals surface area contributed by atoms with Gasteiger partial charge in [-0.3, -0.25) is 0 Å². The Labute approximate surface area is 110 Å². The van der Waals surface area contributed by atoms with Crippen LogP contribution in [0.15, 0.2) is 29.8 Å². The molecule has 0 radical (unpaired) electrons. The molecule has 2 rings (SSSR count). The number of rotatable bonds is 5. The van der Waals surface area contributed by atoms with Gasteiger partial charge in [-0.05, 0) is 24.4 Å². The zero-order valence-corrected chi connectivity index (χ0v) is 11.1. The van der Waals surface area contributed by atoms with Gasteiger partial charge in [0.1, 0.15) is 5.69 Å². The molecule has 5 heteroatoms. The van der Waals surface area contributed by atoms with Gasteiger partial charge in [-0.25, -0.2) is 4.79 Å². The van der Waals surface area contributed by atoms with Crippen LogP contribution < -0.4 is 5.73 Å². The molecule has 2 heterocycles. The molecule has 0 spiro atoms. The molecule has 0 aliphatic heterocycles. The topological polar surface area (TPSA) is 57.2 Å². The standard InChI is InChI=1S/C13H16N2O2S/c1-2-15-9-10(14)8-12(15)13(16)17-6-5-11-4-3-7-18-11/h3-4,7-9H,2,5-6,14H2,1H3. The van der Waals surface area contributed by atoms with Crippen LogP contribution in [0.1, 0.15) is 22.3 Å². The van der Waals surface area contributed by atoms with E-state index in [1.807, 2.05) is 24.4 Å². The van der Waals surface area contributed by atoms with Gasteiger partial charge in [0.2, 0.25) is 0 Å². The lowest BCUT2D eigenvalue weighted by Crippen LogP contribution is -2.12. The molecule has 0 aliphatic carbocycles. The normalized spacial score (nSPS) is 10.5. The van der Waals surface area contributed by atoms with E-state index >= 15 is 0 Å². The van der Waals surface area contributed by atoms with Crippen LogP contribution in [0.25, 0.3) is 0 Å². The molecule has 0 atom stereocenters. The van der Waals surface area contributed by atoms with Crippen LogP contribution in [-0.2, 0) is 17.7 Å². The molecule has 2 aromatic heterocycles. The average Bonchev–Trinajstić information content (AvgIpc) is 2.98. The first-order valence-corrected chi connectivity index (χ1v) is 6.74. The summed E-state index contributed by atoms with van der Waals surface area (Å²) in [6.07, 6.45) is 2.50. The average molecular weight is 264 g/mol. The molecule has 18 heavy (non-hydrogen) atoms. The van der Waals surface area contributed by atoms with E-state index in [0.717, 1.165) is 6.42 Å². The highest BCUT2D eigenvalue weighted by Gasteiger charge is 2.13. The van der Waals surface area contributed by atoms with Gasteiger partial charge < -0.3 is 15.0 Å². The first-order chi connectivity index (χ1) is 8.70. The predicted octanol–water partition coefficient (Wildman–Crippen LogP) is 2.55. The lowest BCUT2D eigenvalue weighted by molar-refractivity contribution is 0.0497. The number of anilines is 1. The van der Waals surface area contributed by atoms with E-state index in [4.69, 9.17) is 10.5 Å². The Hall–Kier alpha value is -1.75. The largest absolute Gasteiger partial charge is 0.461 e. The van der Waals surface area contributed by atoms with Crippen molar-refractivity contribution in [3.63, 3.8) is 0 Å². The third kappa shape index (κ3) is 2.92. The zero-order chi connectivity index (χ0) is 13.0. The van der Waals surface area contributed by atoms with Crippen LogP contribution in [0, 0.1) is 0 Å². The maximum Gasteiger partial charge on any atom is 0.355 e. The fourth-order valence-corrected chi connectivity index (χ4v) is 2.43. The van der Waals surface area contributed by atoms with Crippen molar-refractivity contribution in [3.8, 4) is 0 Å². The Morgan fingerprint density at radius 3 is 3.06 bits per heavy atom. The number of aryl methyl sites for hydroxylation is 1. The summed E-state index contributed by atoms with van der Waals surface area (Å²) in [5.41, 5.74) is 6.77. The molecule has 0 aliphatic rings. The number of ether oxygens (including phenoxy) is 1. The van der Waals surface area contributed by atoms with Crippen molar-refractivity contribution >= 4 is 23.0 Å². The fourth-order valence-electron chi connectivity index (χ4n) is 1.74. The number of hydrogen-bond acceptors (Lipinski definition) is 4. The Balaban J connectivity index is 1.91. The summed E-state index contributed by atoms with van der Waals surface area (Å²) in [7, 11) is 0. The van der Waals surface area contributed by atoms with Crippen molar-refractivity contribution < 1.29 is 9.53 Å². The monoisotopic (exact) mass is 264 g/mol. The number of carbonyl (C=O) groups is 1. The van der Waals surface area contributed by atoms with Gasteiger partial charge in [-0.1, -0.05) is 6.07 Å². The predicted molar refractivity (Wildman–Crippen MR) is 72.8 cm³/mol. The Morgan fingerprint density at radius 2 is 2.39 bits per heavy atom. The molecule has 2 N–H and O–H groups in total. The van der Waals surface area contributed by atoms with Crippen molar-refractivity contribution in [1.29, 1.82) is 0 Å². The number of thiophene rings is 1. The SMILES string of the molecule is CCn1cc(N)cc1C(=O)OCCc1cccs1. The van der Waals surface area contributed by atoms with Crippen molar-refractivity contribution in [3.05, 3.63) is 40.3 Å². The summed E-state index contributed by atoms with van der Waals surface area (Å²) in [5, 5.41) is 2.01. The molecule has 96 valence electrons. The molecule has 2 aromatic rings. The number of esters is 1. The smallest absolute Gasteiger partial charge is 0.355 e. The summed E-state index contributed by atoms with van der Waals surface area (Å²) in [4.78, 5) is 13.1. The van der Waals surface area contributed by atoms with Crippen LogP contribution in [0.2, 0.25) is 0 Å². The third-order valence-corrected chi connectivity index (χ3v) is 3.57. The van der Waals surface area contributed by atoms with Crippen LogP contribution in [0.4, 0.5) is 5.69 Å². The highest BCUT2D eigenvalue weighted by atomic mass is 32.1. The molecule has 0 unspecified atom stereocenters. The van der Waals surface area contributed by atoms with Crippen molar-refractivity contribution in [1.82, 2.24) is 4.57 Å². The van der Waals surface area contributed by atoms with Gasteiger partial charge >= 0.3 is 5.97 Å². The van der Waals surface area contributed by atoms with E-state index < -0.39 is 0 Å². The molecule has 0 saturated carbocycles. The van der Waals surface area contributed by atoms with Gasteiger partial charge in [0.05, 0.1) is 12.3 Å². The quantitative estimate of drug-likeness (QED) is 0.844. The number of carbonyl (C=O) groups excluding carboxylic acids is 1. The Kier molecular flexibility index (Phi) is 4.04. The summed E-state index contributed by atoms with van der Waals surface area (Å²) in [6, 6.07) is 5.67. The Morgan fingerprint density at radius 1 is 1.56 bits per heavy atom. The summed E-state index contributed by atoms with van der Waals surface area (Å²) >= 11 is 1.67. The number of hydrogen-bond donors (Lipinski definition) is 1. The number of nitrogens with two attached hydrogens (primary N) is 1. The fraction of sp³-hybridized carbons (Fsp3) is 0.308. The lowest BCUT2D eigenvalue weighted by Gasteiger charge is -2.06. The maximum absolute atomic E-state index is 11.9. The van der Waals surface area contributed by atoms with Gasteiger partial charge in [-0.15, -0.1) is 11.3 Å². The van der Waals surface area contributed by atoms with E-state index in [1.165, 1.54) is 4.88 Å². The summed E-state index contributed by atoms with van der Waals surface area (Å²) in [6.45, 7) is 3.06. The highest BCUT2D eigenvalue weighted by molar-refractivity contribution is 7.09. The van der Waals surface area contributed by atoms with Crippen LogP contribution in [0.5, 0.6) is 0 Å². The maximum atomic E-state index is 11.9. The minimum absolute atomic E-state index is 0.315. The molecule has 0 saturated heterocycles. The van der Waals surface area contributed by atoms with Gasteiger partial charge in [0.15, 0.2) is 0 Å². The third-order valence-electron chi connectivity index (χ3n) is 2.63. The number of aromatic nitrogens is 1. The molecular formula is C13H16N2O2S. The molecule has 0 amide bonds. The van der Waals surface area contributed by atoms with E-state index in [9.17, 15) is 4.79 Å². The first-order valence-electron chi connectivity index (χ1n) is 5.86. The Bertz CT molecular complexity index is 517. The second-order valence-corrected chi connectivity index (χ2v) is 4.94. The van der Waals surface area contributed by atoms with Gasteiger partial charge in [0.25, 0.3) is 0 Å². The lowest BCUT2D eigenvalue weighted by atomic mass is 10.3. The van der Waals surface area contributed by atoms with Gasteiger partial charge in [-0.2, -0.15) is 0 Å². The molecule has 0 fully saturated rings.